The summed E-state index contributed by atoms with van der Waals surface area (Å²) in [6.45, 7) is 0.983. The predicted molar refractivity (Wildman–Crippen MR) is 58.0 cm³/mol. The molecule has 6 heteroatoms. The molecule has 14 heavy (non-hydrogen) atoms. The molecule has 0 radical (unpaired) electrons. The highest BCUT2D eigenvalue weighted by molar-refractivity contribution is 8.00. The molecule has 0 amide bonds. The van der Waals surface area contributed by atoms with Gasteiger partial charge in [-0.3, -0.25) is 4.31 Å². The standard InChI is InChI=1S/C8H10ClN3OS/c1-13-6-5-7(9)10-11-8(6)12-3-2-4-14-12/h5H,2-4H2,1H3. The molecule has 4 nitrogen and oxygen atoms in total. The molecule has 1 aromatic rings. The summed E-state index contributed by atoms with van der Waals surface area (Å²) in [5.41, 5.74) is 0. The Kier molecular flexibility index (Phi) is 2.98. The lowest BCUT2D eigenvalue weighted by atomic mass is 10.4. The summed E-state index contributed by atoms with van der Waals surface area (Å²) < 4.78 is 7.28. The zero-order chi connectivity index (χ0) is 9.97. The van der Waals surface area contributed by atoms with Crippen molar-refractivity contribution >= 4 is 29.4 Å². The minimum Gasteiger partial charge on any atom is -0.493 e. The van der Waals surface area contributed by atoms with E-state index in [-0.39, 0.29) is 0 Å². The van der Waals surface area contributed by atoms with E-state index in [1.807, 2.05) is 0 Å². The van der Waals surface area contributed by atoms with Crippen molar-refractivity contribution in [3.05, 3.63) is 11.2 Å². The number of hydrogen-bond donors (Lipinski definition) is 0. The average Bonchev–Trinajstić information content (AvgIpc) is 2.70. The SMILES string of the molecule is COc1cc(Cl)nnc1N1CCCS1. The quantitative estimate of drug-likeness (QED) is 0.728. The van der Waals surface area contributed by atoms with Gasteiger partial charge in [-0.15, -0.1) is 10.2 Å². The summed E-state index contributed by atoms with van der Waals surface area (Å²) in [4.78, 5) is 0. The molecule has 1 saturated heterocycles. The van der Waals surface area contributed by atoms with E-state index in [4.69, 9.17) is 16.3 Å². The van der Waals surface area contributed by atoms with Gasteiger partial charge in [0.05, 0.1) is 7.11 Å². The molecule has 0 atom stereocenters. The average molecular weight is 232 g/mol. The zero-order valence-corrected chi connectivity index (χ0v) is 9.31. The van der Waals surface area contributed by atoms with Crippen LogP contribution in [0.15, 0.2) is 6.07 Å². The molecule has 0 saturated carbocycles. The van der Waals surface area contributed by atoms with Crippen LogP contribution in [0, 0.1) is 0 Å². The van der Waals surface area contributed by atoms with Crippen molar-refractivity contribution in [1.82, 2.24) is 10.2 Å². The number of hydrogen-bond acceptors (Lipinski definition) is 5. The van der Waals surface area contributed by atoms with Crippen LogP contribution in [0.25, 0.3) is 0 Å². The number of halogens is 1. The number of aromatic nitrogens is 2. The van der Waals surface area contributed by atoms with Crippen molar-refractivity contribution < 1.29 is 4.74 Å². The first-order valence-electron chi connectivity index (χ1n) is 4.29. The molecule has 1 aliphatic heterocycles. The fourth-order valence-electron chi connectivity index (χ4n) is 1.28. The molecule has 0 spiro atoms. The Hall–Kier alpha value is -0.680. The molecular weight excluding hydrogens is 222 g/mol. The Morgan fingerprint density at radius 1 is 1.57 bits per heavy atom. The topological polar surface area (TPSA) is 38.3 Å². The van der Waals surface area contributed by atoms with Crippen LogP contribution in [0.3, 0.4) is 0 Å². The van der Waals surface area contributed by atoms with Gasteiger partial charge in [0.1, 0.15) is 0 Å². The molecule has 0 N–H and O–H groups in total. The van der Waals surface area contributed by atoms with Crippen molar-refractivity contribution in [2.45, 2.75) is 6.42 Å². The Bertz CT molecular complexity index is 330. The van der Waals surface area contributed by atoms with Gasteiger partial charge in [0.15, 0.2) is 10.9 Å². The van der Waals surface area contributed by atoms with Crippen LogP contribution >= 0.6 is 23.5 Å². The van der Waals surface area contributed by atoms with Crippen molar-refractivity contribution in [2.24, 2.45) is 0 Å². The molecule has 1 aromatic heterocycles. The minimum absolute atomic E-state index is 0.356. The summed E-state index contributed by atoms with van der Waals surface area (Å²) in [6.07, 6.45) is 1.16. The second-order valence-electron chi connectivity index (χ2n) is 2.85. The van der Waals surface area contributed by atoms with Crippen LogP contribution < -0.4 is 9.04 Å². The van der Waals surface area contributed by atoms with Crippen molar-refractivity contribution in [1.29, 1.82) is 0 Å². The minimum atomic E-state index is 0.356. The number of methoxy groups -OCH3 is 1. The highest BCUT2D eigenvalue weighted by Crippen LogP contribution is 2.34. The van der Waals surface area contributed by atoms with Gasteiger partial charge in [0, 0.05) is 18.4 Å². The highest BCUT2D eigenvalue weighted by Gasteiger charge is 2.19. The molecule has 0 unspecified atom stereocenters. The van der Waals surface area contributed by atoms with Crippen molar-refractivity contribution in [3.63, 3.8) is 0 Å². The first kappa shape index (κ1) is 9.86. The van der Waals surface area contributed by atoms with Gasteiger partial charge < -0.3 is 4.74 Å². The van der Waals surface area contributed by atoms with E-state index < -0.39 is 0 Å². The second-order valence-corrected chi connectivity index (χ2v) is 4.34. The summed E-state index contributed by atoms with van der Waals surface area (Å²) >= 11 is 7.46. The van der Waals surface area contributed by atoms with E-state index in [2.05, 4.69) is 14.5 Å². The number of anilines is 1. The van der Waals surface area contributed by atoms with Crippen LogP contribution in [0.1, 0.15) is 6.42 Å². The van der Waals surface area contributed by atoms with Gasteiger partial charge in [0.2, 0.25) is 5.82 Å². The summed E-state index contributed by atoms with van der Waals surface area (Å²) in [7, 11) is 1.61. The van der Waals surface area contributed by atoms with Crippen LogP contribution in [0.5, 0.6) is 5.75 Å². The normalized spacial score (nSPS) is 16.0. The fourth-order valence-corrected chi connectivity index (χ4v) is 2.41. The van der Waals surface area contributed by atoms with Crippen LogP contribution in [0.4, 0.5) is 5.82 Å². The van der Waals surface area contributed by atoms with E-state index >= 15 is 0 Å². The maximum absolute atomic E-state index is 5.72. The third-order valence-corrected chi connectivity index (χ3v) is 3.24. The number of ether oxygens (including phenoxy) is 1. The molecule has 2 heterocycles. The molecular formula is C8H10ClN3OS. The first-order valence-corrected chi connectivity index (χ1v) is 5.61. The summed E-state index contributed by atoms with van der Waals surface area (Å²) in [5, 5.41) is 8.20. The smallest absolute Gasteiger partial charge is 0.203 e. The van der Waals surface area contributed by atoms with Crippen LogP contribution in [0.2, 0.25) is 5.15 Å². The Labute approximate surface area is 91.7 Å². The lowest BCUT2D eigenvalue weighted by molar-refractivity contribution is 0.413. The summed E-state index contributed by atoms with van der Waals surface area (Å²) in [6, 6.07) is 1.68. The van der Waals surface area contributed by atoms with Gasteiger partial charge in [-0.1, -0.05) is 11.6 Å². The highest BCUT2D eigenvalue weighted by atomic mass is 35.5. The molecule has 0 bridgehead atoms. The molecule has 76 valence electrons. The largest absolute Gasteiger partial charge is 0.493 e. The maximum Gasteiger partial charge on any atom is 0.203 e. The molecule has 0 aliphatic carbocycles. The van der Waals surface area contributed by atoms with Gasteiger partial charge in [-0.2, -0.15) is 0 Å². The predicted octanol–water partition coefficient (Wildman–Crippen LogP) is 2.00. The van der Waals surface area contributed by atoms with Gasteiger partial charge in [0.25, 0.3) is 0 Å². The van der Waals surface area contributed by atoms with Crippen molar-refractivity contribution in [2.75, 3.05) is 23.7 Å². The van der Waals surface area contributed by atoms with Gasteiger partial charge in [-0.25, -0.2) is 0 Å². The lowest BCUT2D eigenvalue weighted by Crippen LogP contribution is -2.12. The lowest BCUT2D eigenvalue weighted by Gasteiger charge is -2.16. The Morgan fingerprint density at radius 3 is 3.07 bits per heavy atom. The van der Waals surface area contributed by atoms with E-state index in [0.717, 1.165) is 24.5 Å². The number of rotatable bonds is 2. The third-order valence-electron chi connectivity index (χ3n) is 1.92. The van der Waals surface area contributed by atoms with E-state index in [0.29, 0.717) is 10.9 Å². The van der Waals surface area contributed by atoms with E-state index in [1.54, 1.807) is 25.1 Å². The van der Waals surface area contributed by atoms with E-state index in [1.165, 1.54) is 0 Å². The Morgan fingerprint density at radius 2 is 2.43 bits per heavy atom. The zero-order valence-electron chi connectivity index (χ0n) is 7.73. The Balaban J connectivity index is 2.31. The van der Waals surface area contributed by atoms with Crippen LogP contribution in [-0.2, 0) is 0 Å². The monoisotopic (exact) mass is 231 g/mol. The maximum atomic E-state index is 5.72. The third kappa shape index (κ3) is 1.88. The molecule has 1 aliphatic rings. The van der Waals surface area contributed by atoms with E-state index in [9.17, 15) is 0 Å². The van der Waals surface area contributed by atoms with Crippen LogP contribution in [-0.4, -0.2) is 29.6 Å². The van der Waals surface area contributed by atoms with Gasteiger partial charge >= 0.3 is 0 Å². The molecule has 0 aromatic carbocycles. The second kappa shape index (κ2) is 4.23. The van der Waals surface area contributed by atoms with Gasteiger partial charge in [-0.05, 0) is 18.4 Å². The molecule has 1 fully saturated rings. The molecule has 2 rings (SSSR count). The van der Waals surface area contributed by atoms with Crippen molar-refractivity contribution in [3.8, 4) is 5.75 Å². The fraction of sp³-hybridized carbons (Fsp3) is 0.500. The summed E-state index contributed by atoms with van der Waals surface area (Å²) in [5.74, 6) is 2.56. The first-order chi connectivity index (χ1) is 6.81. The number of nitrogens with zero attached hydrogens (tertiary/aromatic N) is 3.